The summed E-state index contributed by atoms with van der Waals surface area (Å²) in [5.74, 6) is 0.722. The monoisotopic (exact) mass is 240 g/mol. The summed E-state index contributed by atoms with van der Waals surface area (Å²) in [6, 6.07) is 13.7. The quantitative estimate of drug-likeness (QED) is 0.849. The molecule has 0 radical (unpaired) electrons. The Morgan fingerprint density at radius 1 is 1.22 bits per heavy atom. The highest BCUT2D eigenvalue weighted by atomic mass is 15.0. The highest BCUT2D eigenvalue weighted by Crippen LogP contribution is 2.40. The molecule has 1 saturated carbocycles. The van der Waals surface area contributed by atoms with Crippen LogP contribution in [0.15, 0.2) is 48.8 Å². The van der Waals surface area contributed by atoms with Crippen molar-refractivity contribution >= 4 is 0 Å². The first-order valence-electron chi connectivity index (χ1n) is 6.80. The Morgan fingerprint density at radius 2 is 2.06 bits per heavy atom. The van der Waals surface area contributed by atoms with Crippen LogP contribution < -0.4 is 5.32 Å². The largest absolute Gasteiger partial charge is 0.354 e. The molecule has 1 N–H and O–H groups in total. The van der Waals surface area contributed by atoms with Gasteiger partial charge in [-0.15, -0.1) is 0 Å². The van der Waals surface area contributed by atoms with Gasteiger partial charge in [0.25, 0.3) is 0 Å². The molecule has 1 aliphatic carbocycles. The van der Waals surface area contributed by atoms with Gasteiger partial charge >= 0.3 is 0 Å². The molecule has 1 fully saturated rings. The molecule has 2 nitrogen and oxygen atoms in total. The lowest BCUT2D eigenvalue weighted by Gasteiger charge is -2.03. The van der Waals surface area contributed by atoms with Crippen molar-refractivity contribution in [3.8, 4) is 0 Å². The number of aromatic nitrogens is 1. The fraction of sp³-hybridized carbons (Fsp3) is 0.375. The first-order valence-corrected chi connectivity index (χ1v) is 6.80. The second kappa shape index (κ2) is 4.99. The minimum atomic E-state index is 0.664. The third-order valence-corrected chi connectivity index (χ3v) is 3.76. The molecule has 1 aromatic carbocycles. The van der Waals surface area contributed by atoms with Gasteiger partial charge in [0.15, 0.2) is 0 Å². The maximum absolute atomic E-state index is 3.65. The van der Waals surface area contributed by atoms with Gasteiger partial charge in [0.2, 0.25) is 0 Å². The van der Waals surface area contributed by atoms with Crippen molar-refractivity contribution in [3.63, 3.8) is 0 Å². The highest BCUT2D eigenvalue weighted by molar-refractivity contribution is 5.27. The molecule has 0 amide bonds. The topological polar surface area (TPSA) is 17.0 Å². The Kier molecular flexibility index (Phi) is 3.20. The van der Waals surface area contributed by atoms with Crippen LogP contribution in [-0.2, 0) is 13.1 Å². The van der Waals surface area contributed by atoms with Crippen LogP contribution in [0.3, 0.4) is 0 Å². The predicted octanol–water partition coefficient (Wildman–Crippen LogP) is 3.15. The summed E-state index contributed by atoms with van der Waals surface area (Å²) >= 11 is 0. The number of hydrogen-bond acceptors (Lipinski definition) is 1. The van der Waals surface area contributed by atoms with E-state index in [4.69, 9.17) is 0 Å². The molecule has 0 spiro atoms. The van der Waals surface area contributed by atoms with E-state index in [0.29, 0.717) is 6.04 Å². The Labute approximate surface area is 109 Å². The molecule has 0 bridgehead atoms. The molecule has 0 aliphatic heterocycles. The Balaban J connectivity index is 1.51. The number of nitrogens with zero attached hydrogens (tertiary/aromatic N) is 1. The second-order valence-corrected chi connectivity index (χ2v) is 5.09. The molecule has 1 aliphatic rings. The molecule has 2 aromatic rings. The third-order valence-electron chi connectivity index (χ3n) is 3.76. The van der Waals surface area contributed by atoms with Crippen LogP contribution in [0.1, 0.15) is 30.4 Å². The fourth-order valence-electron chi connectivity index (χ4n) is 2.53. The third kappa shape index (κ3) is 2.49. The van der Waals surface area contributed by atoms with E-state index in [1.165, 1.54) is 17.5 Å². The molecular formula is C16H20N2. The molecule has 3 rings (SSSR count). The molecule has 2 atom stereocenters. The van der Waals surface area contributed by atoms with E-state index in [-0.39, 0.29) is 0 Å². The van der Waals surface area contributed by atoms with Crippen LogP contribution in [0.25, 0.3) is 0 Å². The number of hydrogen-bond donors (Lipinski definition) is 1. The van der Waals surface area contributed by atoms with Crippen molar-refractivity contribution in [3.05, 3.63) is 59.9 Å². The standard InChI is InChI=1S/C16H20N2/c1-2-18-9-8-13(12-18)11-17-16-10-15(16)14-6-4-3-5-7-14/h3-9,12,15-17H,2,10-11H2,1H3. The summed E-state index contributed by atoms with van der Waals surface area (Å²) < 4.78 is 2.22. The molecule has 2 unspecified atom stereocenters. The van der Waals surface area contributed by atoms with E-state index in [2.05, 4.69) is 65.6 Å². The zero-order valence-corrected chi connectivity index (χ0v) is 10.8. The summed E-state index contributed by atoms with van der Waals surface area (Å²) in [4.78, 5) is 0. The van der Waals surface area contributed by atoms with Gasteiger partial charge in [-0.25, -0.2) is 0 Å². The van der Waals surface area contributed by atoms with Crippen molar-refractivity contribution in [1.82, 2.24) is 9.88 Å². The van der Waals surface area contributed by atoms with Crippen LogP contribution in [-0.4, -0.2) is 10.6 Å². The molecule has 18 heavy (non-hydrogen) atoms. The van der Waals surface area contributed by atoms with Crippen LogP contribution in [0.2, 0.25) is 0 Å². The lowest BCUT2D eigenvalue weighted by molar-refractivity contribution is 0.669. The Hall–Kier alpha value is -1.54. The summed E-state index contributed by atoms with van der Waals surface area (Å²) in [7, 11) is 0. The smallest absolute Gasteiger partial charge is 0.0223 e. The summed E-state index contributed by atoms with van der Waals surface area (Å²) in [6.45, 7) is 4.21. The highest BCUT2D eigenvalue weighted by Gasteiger charge is 2.37. The van der Waals surface area contributed by atoms with E-state index >= 15 is 0 Å². The molecule has 1 aromatic heterocycles. The molecule has 2 heteroatoms. The maximum Gasteiger partial charge on any atom is 0.0223 e. The summed E-state index contributed by atoms with van der Waals surface area (Å²) in [5.41, 5.74) is 2.86. The van der Waals surface area contributed by atoms with Gasteiger partial charge < -0.3 is 9.88 Å². The van der Waals surface area contributed by atoms with Crippen LogP contribution in [0.5, 0.6) is 0 Å². The van der Waals surface area contributed by atoms with Crippen molar-refractivity contribution < 1.29 is 0 Å². The average molecular weight is 240 g/mol. The van der Waals surface area contributed by atoms with E-state index in [9.17, 15) is 0 Å². The normalized spacial score (nSPS) is 22.1. The number of rotatable bonds is 5. The zero-order valence-electron chi connectivity index (χ0n) is 10.8. The maximum atomic E-state index is 3.65. The first kappa shape index (κ1) is 11.5. The number of aryl methyl sites for hydroxylation is 1. The Morgan fingerprint density at radius 3 is 2.78 bits per heavy atom. The van der Waals surface area contributed by atoms with Gasteiger partial charge in [0.1, 0.15) is 0 Å². The van der Waals surface area contributed by atoms with E-state index in [1.807, 2.05) is 0 Å². The molecule has 0 saturated heterocycles. The van der Waals surface area contributed by atoms with Gasteiger partial charge in [-0.3, -0.25) is 0 Å². The average Bonchev–Trinajstić information content (AvgIpc) is 3.06. The van der Waals surface area contributed by atoms with Crippen LogP contribution in [0.4, 0.5) is 0 Å². The van der Waals surface area contributed by atoms with Gasteiger partial charge in [0.05, 0.1) is 0 Å². The van der Waals surface area contributed by atoms with Gasteiger partial charge in [-0.2, -0.15) is 0 Å². The number of benzene rings is 1. The molecular weight excluding hydrogens is 220 g/mol. The van der Waals surface area contributed by atoms with Gasteiger partial charge in [-0.05, 0) is 30.5 Å². The van der Waals surface area contributed by atoms with Crippen LogP contribution >= 0.6 is 0 Å². The second-order valence-electron chi connectivity index (χ2n) is 5.09. The van der Waals surface area contributed by atoms with Crippen molar-refractivity contribution in [2.24, 2.45) is 0 Å². The lowest BCUT2D eigenvalue weighted by atomic mass is 10.1. The van der Waals surface area contributed by atoms with E-state index < -0.39 is 0 Å². The van der Waals surface area contributed by atoms with Crippen LogP contribution in [0, 0.1) is 0 Å². The minimum absolute atomic E-state index is 0.664. The summed E-state index contributed by atoms with van der Waals surface area (Å²) in [5, 5.41) is 3.65. The van der Waals surface area contributed by atoms with Crippen molar-refractivity contribution in [2.75, 3.05) is 0 Å². The van der Waals surface area contributed by atoms with Crippen molar-refractivity contribution in [2.45, 2.75) is 38.4 Å². The van der Waals surface area contributed by atoms with E-state index in [1.54, 1.807) is 0 Å². The van der Waals surface area contributed by atoms with Crippen molar-refractivity contribution in [1.29, 1.82) is 0 Å². The van der Waals surface area contributed by atoms with Gasteiger partial charge in [-0.1, -0.05) is 30.3 Å². The predicted molar refractivity (Wildman–Crippen MR) is 74.5 cm³/mol. The van der Waals surface area contributed by atoms with Gasteiger partial charge in [0, 0.05) is 37.4 Å². The number of nitrogens with one attached hydrogen (secondary N) is 1. The Bertz CT molecular complexity index is 501. The SMILES string of the molecule is CCn1ccc(CNC2CC2c2ccccc2)c1. The zero-order chi connectivity index (χ0) is 12.4. The fourth-order valence-corrected chi connectivity index (χ4v) is 2.53. The van der Waals surface area contributed by atoms with E-state index in [0.717, 1.165) is 19.0 Å². The lowest BCUT2D eigenvalue weighted by Crippen LogP contribution is -2.16. The first-order chi connectivity index (χ1) is 8.86. The summed E-state index contributed by atoms with van der Waals surface area (Å²) in [6.07, 6.45) is 5.66. The molecule has 1 heterocycles. The minimum Gasteiger partial charge on any atom is -0.354 e. The molecule has 94 valence electrons.